The number of pyridine rings is 1. The van der Waals surface area contributed by atoms with E-state index in [0.717, 1.165) is 17.4 Å². The van der Waals surface area contributed by atoms with Crippen molar-refractivity contribution in [2.24, 2.45) is 0 Å². The monoisotopic (exact) mass is 1360 g/mol. The summed E-state index contributed by atoms with van der Waals surface area (Å²) in [7, 11) is 0. The molecule has 94 heavy (non-hydrogen) atoms. The Morgan fingerprint density at radius 3 is 0.872 bits per heavy atom. The fourth-order valence-corrected chi connectivity index (χ4v) is 11.3. The molecule has 2 nitrogen and oxygen atoms in total. The molecule has 0 aliphatic heterocycles. The van der Waals surface area contributed by atoms with Crippen molar-refractivity contribution in [1.82, 2.24) is 0 Å². The van der Waals surface area contributed by atoms with Crippen LogP contribution >= 0.6 is 0 Å². The van der Waals surface area contributed by atoms with E-state index in [0.29, 0.717) is 6.54 Å². The Morgan fingerprint density at radius 1 is 0.330 bits per heavy atom. The van der Waals surface area contributed by atoms with Gasteiger partial charge in [-0.2, -0.15) is 132 Å². The molecule has 0 N–H and O–H groups in total. The number of carbonyl (C=O) groups excluding carboxylic acids is 1. The normalized spacial score (nSPS) is 13.1. The van der Waals surface area contributed by atoms with Crippen LogP contribution in [0.1, 0.15) is 170 Å². The summed E-state index contributed by atoms with van der Waals surface area (Å²) < 4.78 is 343. The van der Waals surface area contributed by atoms with Crippen molar-refractivity contribution in [2.75, 3.05) is 0 Å². The van der Waals surface area contributed by atoms with Crippen LogP contribution in [0.5, 0.6) is 0 Å². The summed E-state index contributed by atoms with van der Waals surface area (Å²) in [6, 6.07) is 9.82. The standard InChI is InChI=1S/C35H50NO.C32H12BF24/c1-2-3-4-5-6-7-8-9-10-11-12-13-14-15-16-17-20-31-23-25-33(26-24-31)35(37)30-36-28-27-32-21-18-19-22-34(32)29-36;34-25(35,36)13-1-14(26(37,38)39)6-21(5-13)33(22-7-15(27(40,41)42)2-16(8-22)28(43,44)45,23-9-17(29(46,47)48)3-18(10-23)30(49,50)51)24-11-19(31(52,53)54)4-20(12-24)32(55,56)57/h18-19,21-29H,2-17,20,30H2,1H3;1-12H/q+1;-1. The van der Waals surface area contributed by atoms with Crippen molar-refractivity contribution < 1.29 is 115 Å². The number of hydrogen-bond acceptors (Lipinski definition) is 1. The van der Waals surface area contributed by atoms with Gasteiger partial charge >= 0.3 is 49.4 Å². The second kappa shape index (κ2) is 30.7. The summed E-state index contributed by atoms with van der Waals surface area (Å²) in [6.45, 7) is 2.67. The SMILES string of the molecule is CCCCCCCCCCCCCCCCCCc1ccc(C(=O)C[n+]2ccc3ccccc3c2)cc1.FC(F)(F)c1cc([B-](c2cc(C(F)(F)F)cc(C(F)(F)F)c2)(c2cc(C(F)(F)F)cc(C(F)(F)F)c2)c2cc(C(F)(F)F)cc(C(F)(F)F)c2)cc(C(F)(F)F)c1. The van der Waals surface area contributed by atoms with Gasteiger partial charge in [-0.3, -0.25) is 4.79 Å². The van der Waals surface area contributed by atoms with Crippen LogP contribution in [0.25, 0.3) is 10.8 Å². The van der Waals surface area contributed by atoms with Gasteiger partial charge in [0.1, 0.15) is 6.15 Å². The predicted molar refractivity (Wildman–Crippen MR) is 308 cm³/mol. The molecule has 7 aromatic rings. The van der Waals surface area contributed by atoms with E-state index in [-0.39, 0.29) is 5.78 Å². The molecule has 1 heterocycles. The minimum atomic E-state index is -6.13. The molecule has 0 atom stereocenters. The van der Waals surface area contributed by atoms with Gasteiger partial charge in [-0.25, -0.2) is 0 Å². The topological polar surface area (TPSA) is 20.9 Å². The highest BCUT2D eigenvalue weighted by Gasteiger charge is 2.47. The zero-order valence-electron chi connectivity index (χ0n) is 50.0. The second-order valence-corrected chi connectivity index (χ2v) is 23.1. The number of aryl methyl sites for hydroxylation is 1. The number of alkyl halides is 24. The molecule has 0 bridgehead atoms. The van der Waals surface area contributed by atoms with E-state index < -0.39 is 195 Å². The van der Waals surface area contributed by atoms with E-state index in [4.69, 9.17) is 0 Å². The van der Waals surface area contributed by atoms with Gasteiger partial charge in [-0.1, -0.05) is 194 Å². The van der Waals surface area contributed by atoms with Gasteiger partial charge in [0.05, 0.1) is 44.5 Å². The van der Waals surface area contributed by atoms with E-state index in [1.165, 1.54) is 114 Å². The van der Waals surface area contributed by atoms with Gasteiger partial charge in [-0.05, 0) is 54.1 Å². The second-order valence-electron chi connectivity index (χ2n) is 23.1. The molecular weight excluding hydrogens is 1300 g/mol. The van der Waals surface area contributed by atoms with Crippen LogP contribution in [0.15, 0.2) is 140 Å². The van der Waals surface area contributed by atoms with Crippen molar-refractivity contribution >= 4 is 44.6 Å². The number of carbonyl (C=O) groups is 1. The van der Waals surface area contributed by atoms with Crippen LogP contribution in [-0.4, -0.2) is 11.9 Å². The maximum Gasteiger partial charge on any atom is 0.416 e. The van der Waals surface area contributed by atoms with Crippen LogP contribution in [0.3, 0.4) is 0 Å². The molecule has 0 spiro atoms. The minimum Gasteiger partial charge on any atom is -0.287 e. The number of ketones is 1. The number of benzene rings is 6. The molecule has 0 aliphatic rings. The average Bonchev–Trinajstić information content (AvgIpc) is 0.709. The third-order valence-electron chi connectivity index (χ3n) is 16.1. The van der Waals surface area contributed by atoms with E-state index in [9.17, 15) is 110 Å². The Balaban J connectivity index is 0.000000326. The van der Waals surface area contributed by atoms with Crippen LogP contribution < -0.4 is 26.4 Å². The first-order chi connectivity index (χ1) is 43.5. The first-order valence-corrected chi connectivity index (χ1v) is 29.9. The summed E-state index contributed by atoms with van der Waals surface area (Å²) >= 11 is 0. The van der Waals surface area contributed by atoms with E-state index in [1.54, 1.807) is 0 Å². The molecule has 0 fully saturated rings. The first kappa shape index (κ1) is 75.8. The fourth-order valence-electron chi connectivity index (χ4n) is 11.3. The Hall–Kier alpha value is -7.22. The molecule has 7 rings (SSSR count). The largest absolute Gasteiger partial charge is 0.416 e. The van der Waals surface area contributed by atoms with E-state index in [1.807, 2.05) is 35.0 Å². The lowest BCUT2D eigenvalue weighted by Gasteiger charge is -2.46. The summed E-state index contributed by atoms with van der Waals surface area (Å²) in [5.41, 5.74) is -28.1. The maximum absolute atomic E-state index is 14.2. The quantitative estimate of drug-likeness (QED) is 0.0194. The Bertz CT molecular complexity index is 3190. The summed E-state index contributed by atoms with van der Waals surface area (Å²) in [5, 5.41) is 2.36. The summed E-state index contributed by atoms with van der Waals surface area (Å²) in [5.74, 6) is 0.161. The smallest absolute Gasteiger partial charge is 0.287 e. The molecule has 0 saturated heterocycles. The van der Waals surface area contributed by atoms with Gasteiger partial charge in [0.15, 0.2) is 12.4 Å². The lowest BCUT2D eigenvalue weighted by atomic mass is 9.12. The summed E-state index contributed by atoms with van der Waals surface area (Å²) in [6.07, 6.45) is -27.2. The number of fused-ring (bicyclic) bond motifs is 1. The molecule has 0 unspecified atom stereocenters. The number of rotatable bonds is 24. The van der Waals surface area contributed by atoms with Crippen LogP contribution in [0.4, 0.5) is 105 Å². The van der Waals surface area contributed by atoms with Crippen molar-refractivity contribution in [1.29, 1.82) is 0 Å². The van der Waals surface area contributed by atoms with Gasteiger partial charge < -0.3 is 0 Å². The lowest BCUT2D eigenvalue weighted by molar-refractivity contribution is -0.681. The molecule has 0 saturated carbocycles. The molecule has 0 aliphatic carbocycles. The highest BCUT2D eigenvalue weighted by atomic mass is 19.4. The van der Waals surface area contributed by atoms with Crippen molar-refractivity contribution in [3.8, 4) is 0 Å². The van der Waals surface area contributed by atoms with E-state index in [2.05, 4.69) is 43.5 Å². The zero-order valence-corrected chi connectivity index (χ0v) is 50.0. The molecule has 512 valence electrons. The number of Topliss-reactive ketones (excluding diaryl/α,β-unsaturated/α-hetero) is 1. The van der Waals surface area contributed by atoms with Crippen molar-refractivity contribution in [3.05, 3.63) is 195 Å². The van der Waals surface area contributed by atoms with E-state index >= 15 is 0 Å². The maximum atomic E-state index is 14.2. The Kier molecular flexibility index (Phi) is 24.7. The minimum absolute atomic E-state index is 0.161. The number of aromatic nitrogens is 1. The van der Waals surface area contributed by atoms with Crippen LogP contribution in [0.2, 0.25) is 0 Å². The van der Waals surface area contributed by atoms with Gasteiger partial charge in [0.25, 0.3) is 0 Å². The first-order valence-electron chi connectivity index (χ1n) is 29.9. The third-order valence-corrected chi connectivity index (χ3v) is 16.1. The third kappa shape index (κ3) is 20.9. The summed E-state index contributed by atoms with van der Waals surface area (Å²) in [4.78, 5) is 12.8. The Labute approximate surface area is 525 Å². The molecular formula is C67H62BF24NO. The molecule has 6 aromatic carbocycles. The lowest BCUT2D eigenvalue weighted by Crippen LogP contribution is -2.75. The molecule has 0 radical (unpaired) electrons. The van der Waals surface area contributed by atoms with Crippen molar-refractivity contribution in [3.63, 3.8) is 0 Å². The van der Waals surface area contributed by atoms with Crippen molar-refractivity contribution in [2.45, 2.75) is 172 Å². The highest BCUT2D eigenvalue weighted by molar-refractivity contribution is 7.20. The number of nitrogens with zero attached hydrogens (tertiary/aromatic N) is 1. The highest BCUT2D eigenvalue weighted by Crippen LogP contribution is 2.42. The Morgan fingerprint density at radius 2 is 0.596 bits per heavy atom. The molecule has 1 aromatic heterocycles. The van der Waals surface area contributed by atoms with Gasteiger partial charge in [0, 0.05) is 17.0 Å². The van der Waals surface area contributed by atoms with Crippen LogP contribution in [-0.2, 0) is 62.4 Å². The number of hydrogen-bond donors (Lipinski definition) is 0. The average molecular weight is 1360 g/mol. The van der Waals surface area contributed by atoms with Gasteiger partial charge in [0.2, 0.25) is 12.3 Å². The zero-order chi connectivity index (χ0) is 69.9. The van der Waals surface area contributed by atoms with Crippen LogP contribution in [0, 0.1) is 0 Å². The predicted octanol–water partition coefficient (Wildman–Crippen LogP) is 21.0. The number of unbranched alkanes of at least 4 members (excludes halogenated alkanes) is 15. The number of halogens is 24. The fraction of sp³-hybridized carbons (Fsp3) is 0.403. The molecule has 27 heteroatoms. The molecule has 0 amide bonds. The van der Waals surface area contributed by atoms with Gasteiger partial charge in [-0.15, -0.1) is 0 Å².